The van der Waals surface area contributed by atoms with Crippen LogP contribution in [-0.2, 0) is 14.6 Å². The van der Waals surface area contributed by atoms with Crippen molar-refractivity contribution in [3.63, 3.8) is 0 Å². The third-order valence-corrected chi connectivity index (χ3v) is 6.51. The number of carbonyl (C=O) groups excluding carboxylic acids is 1. The van der Waals surface area contributed by atoms with E-state index in [1.165, 1.54) is 12.1 Å². The maximum atomic E-state index is 12.6. The fourth-order valence-electron chi connectivity index (χ4n) is 2.49. The molecule has 1 unspecified atom stereocenters. The normalized spacial score (nSPS) is 16.0. The highest BCUT2D eigenvalue weighted by Gasteiger charge is 2.29. The molecule has 1 aromatic rings. The van der Waals surface area contributed by atoms with Gasteiger partial charge in [0.05, 0.1) is 29.4 Å². The van der Waals surface area contributed by atoms with Gasteiger partial charge >= 0.3 is 0 Å². The third-order valence-electron chi connectivity index (χ3n) is 4.80. The molecule has 0 spiro atoms. The van der Waals surface area contributed by atoms with Gasteiger partial charge in [-0.05, 0) is 25.0 Å². The van der Waals surface area contributed by atoms with E-state index >= 15 is 0 Å². The first-order chi connectivity index (χ1) is 12.2. The number of amides is 1. The van der Waals surface area contributed by atoms with Gasteiger partial charge in [0, 0.05) is 25.5 Å². The molecule has 0 saturated heterocycles. The number of hydrogen-bond acceptors (Lipinski definition) is 6. The molecule has 1 aliphatic heterocycles. The number of ether oxygens (including phenoxy) is 2. The van der Waals surface area contributed by atoms with Gasteiger partial charge < -0.3 is 20.5 Å². The summed E-state index contributed by atoms with van der Waals surface area (Å²) in [6, 6.07) is 4.54. The zero-order valence-electron chi connectivity index (χ0n) is 16.0. The van der Waals surface area contributed by atoms with Crippen molar-refractivity contribution in [2.24, 2.45) is 11.7 Å². The van der Waals surface area contributed by atoms with Crippen LogP contribution in [0.3, 0.4) is 0 Å². The van der Waals surface area contributed by atoms with Gasteiger partial charge in [-0.25, -0.2) is 8.42 Å². The molecule has 1 heterocycles. The predicted molar refractivity (Wildman–Crippen MR) is 106 cm³/mol. The van der Waals surface area contributed by atoms with E-state index < -0.39 is 15.4 Å². The number of benzene rings is 1. The summed E-state index contributed by atoms with van der Waals surface area (Å²) in [5.41, 5.74) is 5.19. The van der Waals surface area contributed by atoms with Gasteiger partial charge in [-0.1, -0.05) is 13.8 Å². The van der Waals surface area contributed by atoms with Crippen LogP contribution in [0.4, 0.5) is 0 Å². The van der Waals surface area contributed by atoms with Crippen molar-refractivity contribution in [2.75, 3.05) is 25.5 Å². The van der Waals surface area contributed by atoms with Gasteiger partial charge in [0.25, 0.3) is 0 Å². The van der Waals surface area contributed by atoms with Crippen LogP contribution in [0.2, 0.25) is 0 Å². The maximum Gasteiger partial charge on any atom is 0.221 e. The second-order valence-corrected chi connectivity index (χ2v) is 9.16. The van der Waals surface area contributed by atoms with Crippen molar-refractivity contribution in [2.45, 2.75) is 44.0 Å². The van der Waals surface area contributed by atoms with E-state index in [0.29, 0.717) is 24.7 Å². The second kappa shape index (κ2) is 9.61. The number of halogens is 1. The third kappa shape index (κ3) is 5.99. The average molecular weight is 421 g/mol. The first-order valence-electron chi connectivity index (χ1n) is 8.81. The lowest BCUT2D eigenvalue weighted by molar-refractivity contribution is -0.122. The Morgan fingerprint density at radius 2 is 1.89 bits per heavy atom. The SMILES string of the molecule is CC(C)C(C)(CN)NC(=O)CCS(=O)(=O)c1ccc2c(c1)OCCCO2.Cl. The summed E-state index contributed by atoms with van der Waals surface area (Å²) < 4.78 is 36.2. The highest BCUT2D eigenvalue weighted by molar-refractivity contribution is 7.91. The largest absolute Gasteiger partial charge is 0.490 e. The minimum absolute atomic E-state index is 0. The number of nitrogens with two attached hydrogens (primary N) is 1. The van der Waals surface area contributed by atoms with Crippen LogP contribution in [0.25, 0.3) is 0 Å². The molecular weight excluding hydrogens is 392 g/mol. The predicted octanol–water partition coefficient (Wildman–Crippen LogP) is 1.92. The van der Waals surface area contributed by atoms with E-state index in [2.05, 4.69) is 5.32 Å². The molecule has 7 nitrogen and oxygen atoms in total. The molecule has 0 bridgehead atoms. The number of fused-ring (bicyclic) bond motifs is 1. The van der Waals surface area contributed by atoms with Gasteiger partial charge in [-0.3, -0.25) is 4.79 Å². The van der Waals surface area contributed by atoms with Crippen LogP contribution in [0, 0.1) is 5.92 Å². The van der Waals surface area contributed by atoms with Crippen LogP contribution in [-0.4, -0.2) is 45.4 Å². The Kier molecular flexibility index (Phi) is 8.38. The molecule has 1 aromatic carbocycles. The van der Waals surface area contributed by atoms with E-state index in [4.69, 9.17) is 15.2 Å². The molecule has 2 rings (SSSR count). The fraction of sp³-hybridized carbons (Fsp3) is 0.611. The smallest absolute Gasteiger partial charge is 0.221 e. The van der Waals surface area contributed by atoms with Crippen molar-refractivity contribution in [3.05, 3.63) is 18.2 Å². The van der Waals surface area contributed by atoms with E-state index in [1.54, 1.807) is 6.07 Å². The summed E-state index contributed by atoms with van der Waals surface area (Å²) in [6.07, 6.45) is 0.617. The maximum absolute atomic E-state index is 12.6. The average Bonchev–Trinajstić information content (AvgIpc) is 2.84. The van der Waals surface area contributed by atoms with Crippen molar-refractivity contribution >= 4 is 28.2 Å². The van der Waals surface area contributed by atoms with Crippen molar-refractivity contribution in [1.82, 2.24) is 5.32 Å². The van der Waals surface area contributed by atoms with Gasteiger partial charge in [-0.2, -0.15) is 0 Å². The lowest BCUT2D eigenvalue weighted by atomic mass is 9.88. The van der Waals surface area contributed by atoms with Crippen LogP contribution < -0.4 is 20.5 Å². The van der Waals surface area contributed by atoms with E-state index in [1.807, 2.05) is 20.8 Å². The van der Waals surface area contributed by atoms with Crippen molar-refractivity contribution in [3.8, 4) is 11.5 Å². The number of carbonyl (C=O) groups is 1. The summed E-state index contributed by atoms with van der Waals surface area (Å²) in [5, 5.41) is 2.85. The number of rotatable bonds is 7. The Labute approximate surface area is 167 Å². The molecule has 1 atom stereocenters. The van der Waals surface area contributed by atoms with Gasteiger partial charge in [0.2, 0.25) is 5.91 Å². The van der Waals surface area contributed by atoms with E-state index in [-0.39, 0.29) is 47.8 Å². The van der Waals surface area contributed by atoms with Crippen LogP contribution in [0.15, 0.2) is 23.1 Å². The first-order valence-corrected chi connectivity index (χ1v) is 10.5. The summed E-state index contributed by atoms with van der Waals surface area (Å²) in [6.45, 7) is 7.07. The molecule has 27 heavy (non-hydrogen) atoms. The highest BCUT2D eigenvalue weighted by Crippen LogP contribution is 2.32. The monoisotopic (exact) mass is 420 g/mol. The zero-order chi connectivity index (χ0) is 19.4. The summed E-state index contributed by atoms with van der Waals surface area (Å²) in [7, 11) is -3.61. The lowest BCUT2D eigenvalue weighted by Crippen LogP contribution is -2.55. The Hall–Kier alpha value is -1.51. The number of sulfone groups is 1. The molecule has 3 N–H and O–H groups in total. The molecule has 9 heteroatoms. The summed E-state index contributed by atoms with van der Waals surface area (Å²) >= 11 is 0. The Bertz CT molecular complexity index is 754. The standard InChI is InChI=1S/C18H28N2O5S.ClH/c1-13(2)18(3,12-19)20-17(21)7-10-26(22,23)14-5-6-15-16(11-14)25-9-4-8-24-15;/h5-6,11,13H,4,7-10,12,19H2,1-3H3,(H,20,21);1H. The molecule has 1 amide bonds. The summed E-state index contributed by atoms with van der Waals surface area (Å²) in [5.74, 6) is 0.481. The highest BCUT2D eigenvalue weighted by atomic mass is 35.5. The van der Waals surface area contributed by atoms with Gasteiger partial charge in [0.1, 0.15) is 0 Å². The van der Waals surface area contributed by atoms with Crippen LogP contribution in [0.1, 0.15) is 33.6 Å². The minimum atomic E-state index is -3.61. The Morgan fingerprint density at radius 1 is 1.26 bits per heavy atom. The number of nitrogens with one attached hydrogen (secondary N) is 1. The van der Waals surface area contributed by atoms with E-state index in [9.17, 15) is 13.2 Å². The van der Waals surface area contributed by atoms with Crippen LogP contribution in [0.5, 0.6) is 11.5 Å². The summed E-state index contributed by atoms with van der Waals surface area (Å²) in [4.78, 5) is 12.3. The van der Waals surface area contributed by atoms with Gasteiger partial charge in [0.15, 0.2) is 21.3 Å². The second-order valence-electron chi connectivity index (χ2n) is 7.05. The minimum Gasteiger partial charge on any atom is -0.490 e. The van der Waals surface area contributed by atoms with Crippen molar-refractivity contribution < 1.29 is 22.7 Å². The molecule has 1 aliphatic rings. The molecular formula is C18H29ClN2O5S. The van der Waals surface area contributed by atoms with Crippen molar-refractivity contribution in [1.29, 1.82) is 0 Å². The molecule has 0 aromatic heterocycles. The molecule has 0 aliphatic carbocycles. The molecule has 154 valence electrons. The molecule has 0 fully saturated rings. The Morgan fingerprint density at radius 3 is 2.48 bits per heavy atom. The number of hydrogen-bond donors (Lipinski definition) is 2. The quantitative estimate of drug-likeness (QED) is 0.697. The lowest BCUT2D eigenvalue weighted by Gasteiger charge is -2.33. The Balaban J connectivity index is 0.00000364. The molecule has 0 radical (unpaired) electrons. The first kappa shape index (κ1) is 23.5. The zero-order valence-corrected chi connectivity index (χ0v) is 17.6. The fourth-order valence-corrected chi connectivity index (χ4v) is 3.75. The van der Waals surface area contributed by atoms with Crippen LogP contribution >= 0.6 is 12.4 Å². The topological polar surface area (TPSA) is 108 Å². The van der Waals surface area contributed by atoms with E-state index in [0.717, 1.165) is 6.42 Å². The molecule has 0 saturated carbocycles. The van der Waals surface area contributed by atoms with Gasteiger partial charge in [-0.15, -0.1) is 12.4 Å².